The molecule has 0 saturated carbocycles. The Morgan fingerprint density at radius 3 is 2.62 bits per heavy atom. The first-order valence-electron chi connectivity index (χ1n) is 8.04. The normalized spacial score (nSPS) is 20.2. The van der Waals surface area contributed by atoms with Crippen molar-refractivity contribution in [3.8, 4) is 11.5 Å². The molecule has 126 valence electrons. The van der Waals surface area contributed by atoms with Crippen molar-refractivity contribution in [2.75, 3.05) is 11.4 Å². The Morgan fingerprint density at radius 2 is 1.96 bits per heavy atom. The molecule has 0 spiro atoms. The van der Waals surface area contributed by atoms with Crippen molar-refractivity contribution in [3.05, 3.63) is 54.3 Å². The molecule has 2 aromatic rings. The SMILES string of the molecule is CC1CC(CC(=O)O)N(c2ccc(Oc3ccccc3F)cc2)C1. The van der Waals surface area contributed by atoms with Gasteiger partial charge in [-0.2, -0.15) is 0 Å². The highest BCUT2D eigenvalue weighted by atomic mass is 19.1. The predicted molar refractivity (Wildman–Crippen MR) is 90.1 cm³/mol. The molecule has 2 unspecified atom stereocenters. The van der Waals surface area contributed by atoms with E-state index >= 15 is 0 Å². The second-order valence-corrected chi connectivity index (χ2v) is 6.27. The highest BCUT2D eigenvalue weighted by Gasteiger charge is 2.31. The summed E-state index contributed by atoms with van der Waals surface area (Å²) in [6.45, 7) is 2.97. The molecule has 0 radical (unpaired) electrons. The summed E-state index contributed by atoms with van der Waals surface area (Å²) in [7, 11) is 0. The van der Waals surface area contributed by atoms with Gasteiger partial charge in [0.25, 0.3) is 0 Å². The molecule has 5 heteroatoms. The largest absolute Gasteiger partial charge is 0.481 e. The molecule has 4 nitrogen and oxygen atoms in total. The average molecular weight is 329 g/mol. The maximum atomic E-state index is 13.6. The Morgan fingerprint density at radius 1 is 1.25 bits per heavy atom. The molecule has 1 aliphatic heterocycles. The van der Waals surface area contributed by atoms with Gasteiger partial charge in [0.2, 0.25) is 0 Å². The smallest absolute Gasteiger partial charge is 0.305 e. The van der Waals surface area contributed by atoms with E-state index in [-0.39, 0.29) is 18.2 Å². The minimum Gasteiger partial charge on any atom is -0.481 e. The maximum Gasteiger partial charge on any atom is 0.305 e. The van der Waals surface area contributed by atoms with Crippen molar-refractivity contribution in [1.29, 1.82) is 0 Å². The van der Waals surface area contributed by atoms with Gasteiger partial charge in [-0.1, -0.05) is 19.1 Å². The van der Waals surface area contributed by atoms with Crippen molar-refractivity contribution < 1.29 is 19.0 Å². The van der Waals surface area contributed by atoms with E-state index in [1.807, 2.05) is 12.1 Å². The lowest BCUT2D eigenvalue weighted by atomic mass is 10.1. The molecule has 3 rings (SSSR count). The number of carbonyl (C=O) groups is 1. The third kappa shape index (κ3) is 3.67. The minimum absolute atomic E-state index is 0.0100. The van der Waals surface area contributed by atoms with Crippen molar-refractivity contribution in [2.24, 2.45) is 5.92 Å². The Labute approximate surface area is 140 Å². The van der Waals surface area contributed by atoms with Crippen LogP contribution in [0, 0.1) is 11.7 Å². The van der Waals surface area contributed by atoms with Crippen LogP contribution in [0.5, 0.6) is 11.5 Å². The highest BCUT2D eigenvalue weighted by molar-refractivity contribution is 5.69. The van der Waals surface area contributed by atoms with Gasteiger partial charge in [0, 0.05) is 18.3 Å². The summed E-state index contributed by atoms with van der Waals surface area (Å²) >= 11 is 0. The second kappa shape index (κ2) is 6.91. The number of para-hydroxylation sites is 1. The van der Waals surface area contributed by atoms with Crippen molar-refractivity contribution in [3.63, 3.8) is 0 Å². The number of anilines is 1. The fraction of sp³-hybridized carbons (Fsp3) is 0.316. The lowest BCUT2D eigenvalue weighted by molar-refractivity contribution is -0.137. The van der Waals surface area contributed by atoms with Gasteiger partial charge in [0.15, 0.2) is 11.6 Å². The third-order valence-electron chi connectivity index (χ3n) is 4.27. The third-order valence-corrected chi connectivity index (χ3v) is 4.27. The molecule has 0 bridgehead atoms. The summed E-state index contributed by atoms with van der Waals surface area (Å²) in [4.78, 5) is 13.2. The van der Waals surface area contributed by atoms with Crippen molar-refractivity contribution in [2.45, 2.75) is 25.8 Å². The van der Waals surface area contributed by atoms with Crippen molar-refractivity contribution in [1.82, 2.24) is 0 Å². The first-order valence-corrected chi connectivity index (χ1v) is 8.04. The van der Waals surface area contributed by atoms with Gasteiger partial charge in [-0.25, -0.2) is 4.39 Å². The van der Waals surface area contributed by atoms with E-state index in [1.54, 1.807) is 30.3 Å². The molecule has 0 aliphatic carbocycles. The number of aliphatic carboxylic acids is 1. The minimum atomic E-state index is -0.779. The fourth-order valence-electron chi connectivity index (χ4n) is 3.22. The molecular weight excluding hydrogens is 309 g/mol. The second-order valence-electron chi connectivity index (χ2n) is 6.27. The fourth-order valence-corrected chi connectivity index (χ4v) is 3.22. The van der Waals surface area contributed by atoms with Gasteiger partial charge in [0.1, 0.15) is 5.75 Å². The number of halogens is 1. The van der Waals surface area contributed by atoms with E-state index in [9.17, 15) is 9.18 Å². The van der Waals surface area contributed by atoms with Crippen LogP contribution in [0.25, 0.3) is 0 Å². The summed E-state index contributed by atoms with van der Waals surface area (Å²) in [5, 5.41) is 9.08. The van der Waals surface area contributed by atoms with Gasteiger partial charge in [-0.05, 0) is 48.7 Å². The Hall–Kier alpha value is -2.56. The molecule has 24 heavy (non-hydrogen) atoms. The molecule has 1 aliphatic rings. The number of carboxylic acids is 1. The zero-order valence-electron chi connectivity index (χ0n) is 13.5. The van der Waals surface area contributed by atoms with Crippen LogP contribution >= 0.6 is 0 Å². The number of rotatable bonds is 5. The first-order chi connectivity index (χ1) is 11.5. The van der Waals surface area contributed by atoms with Gasteiger partial charge in [0.05, 0.1) is 6.42 Å². The molecule has 2 aromatic carbocycles. The number of benzene rings is 2. The topological polar surface area (TPSA) is 49.8 Å². The van der Waals surface area contributed by atoms with Crippen LogP contribution in [-0.4, -0.2) is 23.7 Å². The number of ether oxygens (including phenoxy) is 1. The predicted octanol–water partition coefficient (Wildman–Crippen LogP) is 4.31. The molecule has 0 amide bonds. The Balaban J connectivity index is 1.74. The van der Waals surface area contributed by atoms with E-state index in [0.29, 0.717) is 11.7 Å². The Kier molecular flexibility index (Phi) is 4.69. The summed E-state index contributed by atoms with van der Waals surface area (Å²) < 4.78 is 19.2. The van der Waals surface area contributed by atoms with Crippen LogP contribution < -0.4 is 9.64 Å². The standard InChI is InChI=1S/C19H20FNO3/c1-13-10-15(11-19(22)23)21(12-13)14-6-8-16(9-7-14)24-18-5-3-2-4-17(18)20/h2-9,13,15H,10-12H2,1H3,(H,22,23). The van der Waals surface area contributed by atoms with E-state index < -0.39 is 11.8 Å². The van der Waals surface area contributed by atoms with Crippen LogP contribution in [0.3, 0.4) is 0 Å². The lowest BCUT2D eigenvalue weighted by Gasteiger charge is -2.26. The molecule has 2 atom stereocenters. The molecule has 1 saturated heterocycles. The molecule has 1 N–H and O–H groups in total. The average Bonchev–Trinajstić information content (AvgIpc) is 2.90. The van der Waals surface area contributed by atoms with Gasteiger partial charge in [-0.3, -0.25) is 4.79 Å². The molecule has 0 aromatic heterocycles. The number of carboxylic acid groups (broad SMARTS) is 1. The quantitative estimate of drug-likeness (QED) is 0.888. The molecular formula is C19H20FNO3. The van der Waals surface area contributed by atoms with Crippen LogP contribution in [0.4, 0.5) is 10.1 Å². The van der Waals surface area contributed by atoms with Crippen LogP contribution in [-0.2, 0) is 4.79 Å². The van der Waals surface area contributed by atoms with E-state index in [2.05, 4.69) is 11.8 Å². The monoisotopic (exact) mass is 329 g/mol. The number of hydrogen-bond donors (Lipinski definition) is 1. The Bertz CT molecular complexity index is 717. The summed E-state index contributed by atoms with van der Waals surface area (Å²) in [6, 6.07) is 13.6. The highest BCUT2D eigenvalue weighted by Crippen LogP contribution is 2.32. The zero-order chi connectivity index (χ0) is 17.1. The lowest BCUT2D eigenvalue weighted by Crippen LogP contribution is -2.31. The molecule has 1 heterocycles. The molecule has 1 fully saturated rings. The van der Waals surface area contributed by atoms with Gasteiger partial charge in [-0.15, -0.1) is 0 Å². The van der Waals surface area contributed by atoms with Crippen LogP contribution in [0.15, 0.2) is 48.5 Å². The first kappa shape index (κ1) is 16.3. The van der Waals surface area contributed by atoms with Crippen LogP contribution in [0.1, 0.15) is 19.8 Å². The summed E-state index contributed by atoms with van der Waals surface area (Å²) in [6.07, 6.45) is 1.01. The van der Waals surface area contributed by atoms with Gasteiger partial charge >= 0.3 is 5.97 Å². The van der Waals surface area contributed by atoms with Gasteiger partial charge < -0.3 is 14.7 Å². The van der Waals surface area contributed by atoms with Crippen LogP contribution in [0.2, 0.25) is 0 Å². The van der Waals surface area contributed by atoms with E-state index in [4.69, 9.17) is 9.84 Å². The maximum absolute atomic E-state index is 13.6. The van der Waals surface area contributed by atoms with E-state index in [1.165, 1.54) is 6.07 Å². The van der Waals surface area contributed by atoms with Crippen molar-refractivity contribution >= 4 is 11.7 Å². The van der Waals surface area contributed by atoms with E-state index in [0.717, 1.165) is 18.7 Å². The number of nitrogens with zero attached hydrogens (tertiary/aromatic N) is 1. The zero-order valence-corrected chi connectivity index (χ0v) is 13.5. The summed E-state index contributed by atoms with van der Waals surface area (Å²) in [5.74, 6) is 0.00782. The number of hydrogen-bond acceptors (Lipinski definition) is 3. The summed E-state index contributed by atoms with van der Waals surface area (Å²) in [5.41, 5.74) is 0.964.